The number of halogens is 1. The van der Waals surface area contributed by atoms with Crippen LogP contribution >= 0.6 is 11.6 Å². The SMILES string of the molecule is CO[C@@H]1CN[C@@H](C(=O)N2CCC(Oc3ccccc3Cl)CC2)C1. The van der Waals surface area contributed by atoms with Crippen molar-refractivity contribution in [1.82, 2.24) is 10.2 Å². The molecule has 0 saturated carbocycles. The van der Waals surface area contributed by atoms with Gasteiger partial charge in [-0.15, -0.1) is 0 Å². The maximum atomic E-state index is 12.5. The van der Waals surface area contributed by atoms with Gasteiger partial charge in [0.1, 0.15) is 11.9 Å². The van der Waals surface area contributed by atoms with Gasteiger partial charge in [0.05, 0.1) is 17.2 Å². The van der Waals surface area contributed by atoms with E-state index in [9.17, 15) is 4.79 Å². The maximum absolute atomic E-state index is 12.5. The quantitative estimate of drug-likeness (QED) is 0.913. The topological polar surface area (TPSA) is 50.8 Å². The van der Waals surface area contributed by atoms with Gasteiger partial charge in [-0.1, -0.05) is 23.7 Å². The van der Waals surface area contributed by atoms with E-state index in [0.29, 0.717) is 5.02 Å². The number of amides is 1. The Morgan fingerprint density at radius 1 is 1.26 bits per heavy atom. The smallest absolute Gasteiger partial charge is 0.239 e. The van der Waals surface area contributed by atoms with Gasteiger partial charge in [-0.05, 0) is 18.6 Å². The zero-order valence-corrected chi connectivity index (χ0v) is 14.1. The van der Waals surface area contributed by atoms with E-state index in [1.807, 2.05) is 29.2 Å². The van der Waals surface area contributed by atoms with Crippen molar-refractivity contribution in [3.63, 3.8) is 0 Å². The number of hydrogen-bond acceptors (Lipinski definition) is 4. The van der Waals surface area contributed by atoms with E-state index in [2.05, 4.69) is 5.32 Å². The molecule has 23 heavy (non-hydrogen) atoms. The molecule has 2 aliphatic rings. The van der Waals surface area contributed by atoms with Crippen molar-refractivity contribution in [2.75, 3.05) is 26.7 Å². The Balaban J connectivity index is 1.49. The highest BCUT2D eigenvalue weighted by atomic mass is 35.5. The number of piperidine rings is 1. The molecule has 0 aromatic heterocycles. The number of ether oxygens (including phenoxy) is 2. The molecule has 0 spiro atoms. The van der Waals surface area contributed by atoms with E-state index >= 15 is 0 Å². The molecule has 2 aliphatic heterocycles. The summed E-state index contributed by atoms with van der Waals surface area (Å²) in [5.41, 5.74) is 0. The highest BCUT2D eigenvalue weighted by Gasteiger charge is 2.34. The number of rotatable bonds is 4. The van der Waals surface area contributed by atoms with Crippen molar-refractivity contribution in [2.24, 2.45) is 0 Å². The Morgan fingerprint density at radius 2 is 2.00 bits per heavy atom. The lowest BCUT2D eigenvalue weighted by molar-refractivity contribution is -0.135. The first-order valence-electron chi connectivity index (χ1n) is 8.13. The Morgan fingerprint density at radius 3 is 2.65 bits per heavy atom. The number of benzene rings is 1. The minimum Gasteiger partial charge on any atom is -0.489 e. The van der Waals surface area contributed by atoms with E-state index in [0.717, 1.165) is 44.6 Å². The summed E-state index contributed by atoms with van der Waals surface area (Å²) in [4.78, 5) is 14.5. The Labute approximate surface area is 141 Å². The van der Waals surface area contributed by atoms with Gasteiger partial charge in [0.2, 0.25) is 5.91 Å². The van der Waals surface area contributed by atoms with E-state index in [1.54, 1.807) is 7.11 Å². The van der Waals surface area contributed by atoms with Gasteiger partial charge < -0.3 is 19.7 Å². The average molecular weight is 339 g/mol. The molecule has 5 nitrogen and oxygen atoms in total. The number of para-hydroxylation sites is 1. The highest BCUT2D eigenvalue weighted by molar-refractivity contribution is 6.32. The largest absolute Gasteiger partial charge is 0.489 e. The third-order valence-electron chi connectivity index (χ3n) is 4.61. The molecule has 2 heterocycles. The van der Waals surface area contributed by atoms with Gasteiger partial charge in [0.25, 0.3) is 0 Å². The molecule has 0 aliphatic carbocycles. The second kappa shape index (κ2) is 7.51. The van der Waals surface area contributed by atoms with Gasteiger partial charge in [0.15, 0.2) is 0 Å². The average Bonchev–Trinajstić information content (AvgIpc) is 3.06. The van der Waals surface area contributed by atoms with Crippen LogP contribution in [0.3, 0.4) is 0 Å². The van der Waals surface area contributed by atoms with E-state index < -0.39 is 0 Å². The molecule has 1 amide bonds. The van der Waals surface area contributed by atoms with Crippen LogP contribution in [0.2, 0.25) is 5.02 Å². The number of methoxy groups -OCH3 is 1. The molecule has 0 unspecified atom stereocenters. The van der Waals surface area contributed by atoms with Crippen LogP contribution in [0.25, 0.3) is 0 Å². The lowest BCUT2D eigenvalue weighted by Crippen LogP contribution is -2.48. The number of hydrogen-bond donors (Lipinski definition) is 1. The molecule has 2 fully saturated rings. The summed E-state index contributed by atoms with van der Waals surface area (Å²) in [6, 6.07) is 7.40. The van der Waals surface area contributed by atoms with Crippen LogP contribution < -0.4 is 10.1 Å². The van der Waals surface area contributed by atoms with Crippen LogP contribution in [0.15, 0.2) is 24.3 Å². The van der Waals surface area contributed by atoms with Gasteiger partial charge in [-0.2, -0.15) is 0 Å². The minimum absolute atomic E-state index is 0.110. The van der Waals surface area contributed by atoms with E-state index in [4.69, 9.17) is 21.1 Å². The van der Waals surface area contributed by atoms with Crippen molar-refractivity contribution in [3.05, 3.63) is 29.3 Å². The van der Waals surface area contributed by atoms with E-state index in [1.165, 1.54) is 0 Å². The number of nitrogens with zero attached hydrogens (tertiary/aromatic N) is 1. The third-order valence-corrected chi connectivity index (χ3v) is 4.92. The number of likely N-dealkylation sites (tertiary alicyclic amines) is 1. The van der Waals surface area contributed by atoms with Crippen LogP contribution in [0.5, 0.6) is 5.75 Å². The Hall–Kier alpha value is -1.30. The molecule has 1 aromatic rings. The summed E-state index contributed by atoms with van der Waals surface area (Å²) >= 11 is 6.13. The summed E-state index contributed by atoms with van der Waals surface area (Å²) in [7, 11) is 1.69. The zero-order valence-electron chi connectivity index (χ0n) is 13.3. The number of carbonyl (C=O) groups excluding carboxylic acids is 1. The van der Waals surface area contributed by atoms with Crippen molar-refractivity contribution in [1.29, 1.82) is 0 Å². The first-order chi connectivity index (χ1) is 11.2. The minimum atomic E-state index is -0.110. The first-order valence-corrected chi connectivity index (χ1v) is 8.51. The van der Waals surface area contributed by atoms with Crippen LogP contribution in [0.1, 0.15) is 19.3 Å². The molecule has 1 aromatic carbocycles. The fourth-order valence-electron chi connectivity index (χ4n) is 3.21. The lowest BCUT2D eigenvalue weighted by atomic mass is 10.1. The molecular weight excluding hydrogens is 316 g/mol. The molecule has 1 N–H and O–H groups in total. The monoisotopic (exact) mass is 338 g/mol. The summed E-state index contributed by atoms with van der Waals surface area (Å²) in [6.45, 7) is 2.20. The van der Waals surface area contributed by atoms with Crippen molar-refractivity contribution < 1.29 is 14.3 Å². The molecule has 6 heteroatoms. The van der Waals surface area contributed by atoms with Crippen LogP contribution in [-0.4, -0.2) is 55.8 Å². The van der Waals surface area contributed by atoms with Gasteiger partial charge in [-0.25, -0.2) is 0 Å². The van der Waals surface area contributed by atoms with Gasteiger partial charge >= 0.3 is 0 Å². The standard InChI is InChI=1S/C17H23ClN2O3/c1-22-13-10-15(19-11-13)17(21)20-8-6-12(7-9-20)23-16-5-3-2-4-14(16)18/h2-5,12-13,15,19H,6-11H2,1H3/t13-,15+/m0/s1. The first kappa shape index (κ1) is 16.6. The normalized spacial score (nSPS) is 25.6. The van der Waals surface area contributed by atoms with Gasteiger partial charge in [-0.3, -0.25) is 4.79 Å². The molecule has 126 valence electrons. The fourth-order valence-corrected chi connectivity index (χ4v) is 3.39. The summed E-state index contributed by atoms with van der Waals surface area (Å²) < 4.78 is 11.3. The fraction of sp³-hybridized carbons (Fsp3) is 0.588. The molecule has 3 rings (SSSR count). The van der Waals surface area contributed by atoms with Crippen LogP contribution in [0.4, 0.5) is 0 Å². The van der Waals surface area contributed by atoms with Crippen molar-refractivity contribution in [3.8, 4) is 5.75 Å². The predicted octanol–water partition coefficient (Wildman–Crippen LogP) is 2.09. The van der Waals surface area contributed by atoms with Crippen LogP contribution in [-0.2, 0) is 9.53 Å². The summed E-state index contributed by atoms with van der Waals surface area (Å²) in [5.74, 6) is 0.903. The molecule has 2 atom stereocenters. The summed E-state index contributed by atoms with van der Waals surface area (Å²) in [6.07, 6.45) is 2.67. The molecule has 0 radical (unpaired) electrons. The Bertz CT molecular complexity index is 546. The lowest BCUT2D eigenvalue weighted by Gasteiger charge is -2.33. The second-order valence-corrected chi connectivity index (χ2v) is 6.53. The predicted molar refractivity (Wildman–Crippen MR) is 88.9 cm³/mol. The molecule has 2 saturated heterocycles. The summed E-state index contributed by atoms with van der Waals surface area (Å²) in [5, 5.41) is 3.88. The van der Waals surface area contributed by atoms with E-state index in [-0.39, 0.29) is 24.2 Å². The maximum Gasteiger partial charge on any atom is 0.239 e. The highest BCUT2D eigenvalue weighted by Crippen LogP contribution is 2.27. The number of carbonyl (C=O) groups is 1. The van der Waals surface area contributed by atoms with Gasteiger partial charge in [0, 0.05) is 39.6 Å². The zero-order chi connectivity index (χ0) is 16.2. The molecular formula is C17H23ClN2O3. The molecule has 0 bridgehead atoms. The van der Waals surface area contributed by atoms with Crippen LogP contribution in [0, 0.1) is 0 Å². The van der Waals surface area contributed by atoms with Crippen molar-refractivity contribution in [2.45, 2.75) is 37.5 Å². The number of nitrogens with one attached hydrogen (secondary N) is 1. The Kier molecular flexibility index (Phi) is 5.41. The second-order valence-electron chi connectivity index (χ2n) is 6.13. The van der Waals surface area contributed by atoms with Crippen molar-refractivity contribution >= 4 is 17.5 Å². The third kappa shape index (κ3) is 3.97.